The normalized spacial score (nSPS) is 11.4. The van der Waals surface area contributed by atoms with Gasteiger partial charge in [0.1, 0.15) is 11.5 Å². The number of nitrogens with one attached hydrogen (secondary N) is 2. The summed E-state index contributed by atoms with van der Waals surface area (Å²) >= 11 is 6.05. The highest BCUT2D eigenvalue weighted by Gasteiger charge is 2.32. The van der Waals surface area contributed by atoms with E-state index in [1.165, 1.54) is 0 Å². The summed E-state index contributed by atoms with van der Waals surface area (Å²) in [6.07, 6.45) is 1.85. The number of halogens is 1. The van der Waals surface area contributed by atoms with E-state index >= 15 is 0 Å². The number of rotatable bonds is 5. The average molecular weight is 373 g/mol. The van der Waals surface area contributed by atoms with Crippen LogP contribution in [-0.2, 0) is 10.2 Å². The average Bonchev–Trinajstić information content (AvgIpc) is 3.05. The Labute approximate surface area is 157 Å². The smallest absolute Gasteiger partial charge is 0.234 e. The number of benzene rings is 2. The molecule has 0 saturated heterocycles. The van der Waals surface area contributed by atoms with E-state index in [2.05, 4.69) is 10.3 Å². The second kappa shape index (κ2) is 6.92. The van der Waals surface area contributed by atoms with Crippen LogP contribution in [0.4, 0.5) is 5.69 Å². The summed E-state index contributed by atoms with van der Waals surface area (Å²) in [5, 5.41) is 4.58. The fourth-order valence-electron chi connectivity index (χ4n) is 2.92. The number of hydrogen-bond donors (Lipinski definition) is 2. The van der Waals surface area contributed by atoms with E-state index in [-0.39, 0.29) is 5.91 Å². The molecule has 3 rings (SSSR count). The Bertz CT molecular complexity index is 963. The van der Waals surface area contributed by atoms with Crippen molar-refractivity contribution in [1.29, 1.82) is 0 Å². The van der Waals surface area contributed by atoms with Gasteiger partial charge in [0.05, 0.1) is 25.3 Å². The largest absolute Gasteiger partial charge is 0.497 e. The molecular formula is C20H21ClN2O3. The molecular weight excluding hydrogens is 352 g/mol. The van der Waals surface area contributed by atoms with Gasteiger partial charge in [-0.05, 0) is 43.7 Å². The van der Waals surface area contributed by atoms with Crippen molar-refractivity contribution in [3.05, 3.63) is 53.2 Å². The van der Waals surface area contributed by atoms with Crippen LogP contribution in [0.15, 0.2) is 42.6 Å². The lowest BCUT2D eigenvalue weighted by Gasteiger charge is -2.24. The van der Waals surface area contributed by atoms with E-state index in [4.69, 9.17) is 21.1 Å². The molecule has 2 aromatic carbocycles. The Morgan fingerprint density at radius 1 is 1.12 bits per heavy atom. The first-order chi connectivity index (χ1) is 12.4. The molecule has 0 aliphatic heterocycles. The number of anilines is 1. The number of carbonyl (C=O) groups is 1. The fraction of sp³-hybridized carbons (Fsp3) is 0.250. The molecule has 6 heteroatoms. The van der Waals surface area contributed by atoms with Crippen molar-refractivity contribution in [2.75, 3.05) is 19.5 Å². The minimum atomic E-state index is -0.767. The standard InChI is InChI=1S/C20H21ClN2O3/c1-20(2,15-11-22-17-9-12(21)5-7-14(15)17)19(24)23-16-8-6-13(25-3)10-18(16)26-4/h5-11,22H,1-4H3,(H,23,24). The van der Waals surface area contributed by atoms with Crippen LogP contribution in [0.1, 0.15) is 19.4 Å². The van der Waals surface area contributed by atoms with E-state index in [1.807, 2.05) is 38.2 Å². The topological polar surface area (TPSA) is 63.3 Å². The van der Waals surface area contributed by atoms with Gasteiger partial charge in [0, 0.05) is 28.2 Å². The van der Waals surface area contributed by atoms with Gasteiger partial charge in [-0.15, -0.1) is 0 Å². The summed E-state index contributed by atoms with van der Waals surface area (Å²) in [5.41, 5.74) is 1.62. The zero-order valence-electron chi connectivity index (χ0n) is 15.1. The van der Waals surface area contributed by atoms with E-state index in [1.54, 1.807) is 32.4 Å². The molecule has 0 atom stereocenters. The number of carbonyl (C=O) groups excluding carboxylic acids is 1. The summed E-state index contributed by atoms with van der Waals surface area (Å²) in [6.45, 7) is 3.77. The van der Waals surface area contributed by atoms with E-state index in [9.17, 15) is 4.79 Å². The molecule has 1 amide bonds. The molecule has 0 fully saturated rings. The predicted octanol–water partition coefficient (Wildman–Crippen LogP) is 4.75. The third-order valence-corrected chi connectivity index (χ3v) is 4.78. The SMILES string of the molecule is COc1ccc(NC(=O)C(C)(C)c2c[nH]c3cc(Cl)ccc23)c(OC)c1. The van der Waals surface area contributed by atoms with Crippen LogP contribution >= 0.6 is 11.6 Å². The Balaban J connectivity index is 1.93. The van der Waals surface area contributed by atoms with Gasteiger partial charge in [-0.3, -0.25) is 4.79 Å². The first kappa shape index (κ1) is 18.1. The number of H-pyrrole nitrogens is 1. The second-order valence-electron chi connectivity index (χ2n) is 6.54. The van der Waals surface area contributed by atoms with E-state index < -0.39 is 5.41 Å². The highest BCUT2D eigenvalue weighted by atomic mass is 35.5. The first-order valence-electron chi connectivity index (χ1n) is 8.17. The second-order valence-corrected chi connectivity index (χ2v) is 6.97. The van der Waals surface area contributed by atoms with Gasteiger partial charge < -0.3 is 19.8 Å². The molecule has 0 aliphatic carbocycles. The Hall–Kier alpha value is -2.66. The third kappa shape index (κ3) is 3.22. The molecule has 136 valence electrons. The minimum Gasteiger partial charge on any atom is -0.497 e. The van der Waals surface area contributed by atoms with Crippen molar-refractivity contribution in [3.8, 4) is 11.5 Å². The summed E-state index contributed by atoms with van der Waals surface area (Å²) < 4.78 is 10.6. The van der Waals surface area contributed by atoms with Crippen molar-refractivity contribution in [3.63, 3.8) is 0 Å². The quantitative estimate of drug-likeness (QED) is 0.679. The lowest BCUT2D eigenvalue weighted by Crippen LogP contribution is -2.34. The maximum absolute atomic E-state index is 13.0. The molecule has 1 heterocycles. The van der Waals surface area contributed by atoms with Gasteiger partial charge in [0.2, 0.25) is 5.91 Å². The molecule has 0 aliphatic rings. The van der Waals surface area contributed by atoms with Crippen LogP contribution in [0.5, 0.6) is 11.5 Å². The van der Waals surface area contributed by atoms with Gasteiger partial charge in [-0.25, -0.2) is 0 Å². The van der Waals surface area contributed by atoms with Crippen LogP contribution in [0, 0.1) is 0 Å². The number of amides is 1. The lowest BCUT2D eigenvalue weighted by molar-refractivity contribution is -0.120. The molecule has 3 aromatic rings. The summed E-state index contributed by atoms with van der Waals surface area (Å²) in [7, 11) is 3.14. The van der Waals surface area contributed by atoms with Gasteiger partial charge in [-0.2, -0.15) is 0 Å². The summed E-state index contributed by atoms with van der Waals surface area (Å²) in [6, 6.07) is 10.9. The molecule has 0 unspecified atom stereocenters. The molecule has 0 radical (unpaired) electrons. The van der Waals surface area contributed by atoms with E-state index in [0.717, 1.165) is 16.5 Å². The van der Waals surface area contributed by atoms with Gasteiger partial charge in [0.15, 0.2) is 0 Å². The maximum atomic E-state index is 13.0. The molecule has 1 aromatic heterocycles. The molecule has 26 heavy (non-hydrogen) atoms. The predicted molar refractivity (Wildman–Crippen MR) is 105 cm³/mol. The van der Waals surface area contributed by atoms with Crippen molar-refractivity contribution in [1.82, 2.24) is 4.98 Å². The van der Waals surface area contributed by atoms with Gasteiger partial charge in [0.25, 0.3) is 0 Å². The van der Waals surface area contributed by atoms with Gasteiger partial charge >= 0.3 is 0 Å². The molecule has 0 bridgehead atoms. The monoisotopic (exact) mass is 372 g/mol. The van der Waals surface area contributed by atoms with E-state index in [0.29, 0.717) is 22.2 Å². The number of aromatic nitrogens is 1. The Morgan fingerprint density at radius 2 is 1.88 bits per heavy atom. The van der Waals surface area contributed by atoms with Crippen molar-refractivity contribution in [2.24, 2.45) is 0 Å². The minimum absolute atomic E-state index is 0.142. The number of fused-ring (bicyclic) bond motifs is 1. The fourth-order valence-corrected chi connectivity index (χ4v) is 3.09. The lowest BCUT2D eigenvalue weighted by atomic mass is 9.83. The molecule has 5 nitrogen and oxygen atoms in total. The molecule has 0 saturated carbocycles. The number of aromatic amines is 1. The van der Waals surface area contributed by atoms with Crippen LogP contribution in [0.25, 0.3) is 10.9 Å². The number of methoxy groups -OCH3 is 2. The Kier molecular flexibility index (Phi) is 4.83. The maximum Gasteiger partial charge on any atom is 0.234 e. The Morgan fingerprint density at radius 3 is 2.58 bits per heavy atom. The van der Waals surface area contributed by atoms with Crippen molar-refractivity contribution >= 4 is 34.1 Å². The highest BCUT2D eigenvalue weighted by Crippen LogP contribution is 2.35. The van der Waals surface area contributed by atoms with Crippen molar-refractivity contribution < 1.29 is 14.3 Å². The highest BCUT2D eigenvalue weighted by molar-refractivity contribution is 6.31. The molecule has 0 spiro atoms. The number of ether oxygens (including phenoxy) is 2. The first-order valence-corrected chi connectivity index (χ1v) is 8.55. The van der Waals surface area contributed by atoms with Crippen LogP contribution < -0.4 is 14.8 Å². The zero-order valence-corrected chi connectivity index (χ0v) is 15.9. The van der Waals surface area contributed by atoms with Crippen LogP contribution in [-0.4, -0.2) is 25.1 Å². The van der Waals surface area contributed by atoms with Gasteiger partial charge in [-0.1, -0.05) is 17.7 Å². The van der Waals surface area contributed by atoms with Crippen LogP contribution in [0.3, 0.4) is 0 Å². The van der Waals surface area contributed by atoms with Crippen molar-refractivity contribution in [2.45, 2.75) is 19.3 Å². The summed E-state index contributed by atoms with van der Waals surface area (Å²) in [5.74, 6) is 1.06. The third-order valence-electron chi connectivity index (χ3n) is 4.54. The van der Waals surface area contributed by atoms with Crippen LogP contribution in [0.2, 0.25) is 5.02 Å². The number of hydrogen-bond acceptors (Lipinski definition) is 3. The molecule has 2 N–H and O–H groups in total. The zero-order chi connectivity index (χ0) is 18.9. The summed E-state index contributed by atoms with van der Waals surface area (Å²) in [4.78, 5) is 16.2.